The summed E-state index contributed by atoms with van der Waals surface area (Å²) in [6.45, 7) is 3.65. The second-order valence-corrected chi connectivity index (χ2v) is 6.89. The number of H-pyrrole nitrogens is 1. The van der Waals surface area contributed by atoms with E-state index in [2.05, 4.69) is 27.0 Å². The van der Waals surface area contributed by atoms with Gasteiger partial charge in [0, 0.05) is 44.5 Å². The summed E-state index contributed by atoms with van der Waals surface area (Å²) in [5, 5.41) is 0. The Morgan fingerprint density at radius 2 is 1.57 bits per heavy atom. The highest BCUT2D eigenvalue weighted by Crippen LogP contribution is 2.13. The molecule has 6 heteroatoms. The smallest absolute Gasteiger partial charge is 0.264 e. The standard InChI is InChI=1S/C22H22N4O2/c27-21-19(15-23-20(24-21)18-9-5-2-6-10-18)22(28)26-13-11-25(12-14-26)16-17-7-3-1-4-8-17/h1-10,15H,11-14,16H2,(H,23,24,27). The molecule has 0 atom stereocenters. The van der Waals surface area contributed by atoms with Crippen LogP contribution in [-0.4, -0.2) is 51.9 Å². The Kier molecular flexibility index (Phi) is 5.30. The molecule has 1 fully saturated rings. The SMILES string of the molecule is O=C(c1cnc(-c2ccccc2)[nH]c1=O)N1CCN(Cc2ccccc2)CC1. The molecule has 28 heavy (non-hydrogen) atoms. The minimum Gasteiger partial charge on any atom is -0.336 e. The van der Waals surface area contributed by atoms with E-state index in [1.54, 1.807) is 4.90 Å². The second-order valence-electron chi connectivity index (χ2n) is 6.89. The Morgan fingerprint density at radius 3 is 2.21 bits per heavy atom. The van der Waals surface area contributed by atoms with Crippen LogP contribution < -0.4 is 5.56 Å². The molecule has 3 aromatic rings. The monoisotopic (exact) mass is 374 g/mol. The summed E-state index contributed by atoms with van der Waals surface area (Å²) in [5.74, 6) is 0.211. The van der Waals surface area contributed by atoms with E-state index < -0.39 is 5.56 Å². The lowest BCUT2D eigenvalue weighted by Crippen LogP contribution is -2.49. The molecule has 0 radical (unpaired) electrons. The fourth-order valence-electron chi connectivity index (χ4n) is 3.41. The van der Waals surface area contributed by atoms with Gasteiger partial charge in [-0.1, -0.05) is 60.7 Å². The molecule has 0 aliphatic carbocycles. The number of amides is 1. The van der Waals surface area contributed by atoms with Gasteiger partial charge in [-0.3, -0.25) is 14.5 Å². The Morgan fingerprint density at radius 1 is 0.929 bits per heavy atom. The van der Waals surface area contributed by atoms with Crippen molar-refractivity contribution in [2.24, 2.45) is 0 Å². The maximum atomic E-state index is 12.8. The number of nitrogens with one attached hydrogen (secondary N) is 1. The van der Waals surface area contributed by atoms with E-state index in [0.717, 1.165) is 25.2 Å². The van der Waals surface area contributed by atoms with Gasteiger partial charge in [0.2, 0.25) is 0 Å². The molecule has 6 nitrogen and oxygen atoms in total. The number of carbonyl (C=O) groups excluding carboxylic acids is 1. The summed E-state index contributed by atoms with van der Waals surface area (Å²) in [6, 6.07) is 19.7. The molecular formula is C22H22N4O2. The first-order valence-corrected chi connectivity index (χ1v) is 9.41. The fourth-order valence-corrected chi connectivity index (χ4v) is 3.41. The van der Waals surface area contributed by atoms with Gasteiger partial charge in [0.15, 0.2) is 0 Å². The van der Waals surface area contributed by atoms with Crippen LogP contribution in [-0.2, 0) is 6.54 Å². The first-order valence-electron chi connectivity index (χ1n) is 9.41. The van der Waals surface area contributed by atoms with Gasteiger partial charge < -0.3 is 9.88 Å². The second kappa shape index (κ2) is 8.19. The summed E-state index contributed by atoms with van der Waals surface area (Å²) in [4.78, 5) is 36.3. The molecule has 1 amide bonds. The summed E-state index contributed by atoms with van der Waals surface area (Å²) in [5.41, 5.74) is 1.77. The minimum absolute atomic E-state index is 0.0937. The van der Waals surface area contributed by atoms with Gasteiger partial charge >= 0.3 is 0 Å². The summed E-state index contributed by atoms with van der Waals surface area (Å²) >= 11 is 0. The average molecular weight is 374 g/mol. The molecule has 0 unspecified atom stereocenters. The highest BCUT2D eigenvalue weighted by molar-refractivity contribution is 5.93. The Balaban J connectivity index is 1.41. The zero-order chi connectivity index (χ0) is 19.3. The average Bonchev–Trinajstić information content (AvgIpc) is 2.75. The lowest BCUT2D eigenvalue weighted by molar-refractivity contribution is 0.0626. The Labute approximate surface area is 163 Å². The molecule has 0 bridgehead atoms. The first kappa shape index (κ1) is 18.1. The number of rotatable bonds is 4. The number of hydrogen-bond acceptors (Lipinski definition) is 4. The molecule has 142 valence electrons. The largest absolute Gasteiger partial charge is 0.336 e. The van der Waals surface area contributed by atoms with Gasteiger partial charge in [-0.2, -0.15) is 0 Å². The van der Waals surface area contributed by atoms with Crippen molar-refractivity contribution in [1.82, 2.24) is 19.8 Å². The molecule has 4 rings (SSSR count). The molecule has 0 spiro atoms. The number of nitrogens with zero attached hydrogens (tertiary/aromatic N) is 3. The quantitative estimate of drug-likeness (QED) is 0.761. The van der Waals surface area contributed by atoms with Gasteiger partial charge in [-0.25, -0.2) is 4.98 Å². The summed E-state index contributed by atoms with van der Waals surface area (Å²) in [7, 11) is 0. The molecule has 0 saturated carbocycles. The van der Waals surface area contributed by atoms with Crippen LogP contribution in [0.15, 0.2) is 71.7 Å². The van der Waals surface area contributed by atoms with E-state index in [-0.39, 0.29) is 11.5 Å². The Bertz CT molecular complexity index is 994. The topological polar surface area (TPSA) is 69.3 Å². The number of piperazine rings is 1. The zero-order valence-corrected chi connectivity index (χ0v) is 15.5. The van der Waals surface area contributed by atoms with Crippen LogP contribution in [0, 0.1) is 0 Å². The number of benzene rings is 2. The van der Waals surface area contributed by atoms with E-state index in [0.29, 0.717) is 18.9 Å². The molecule has 1 N–H and O–H groups in total. The van der Waals surface area contributed by atoms with Crippen molar-refractivity contribution in [2.75, 3.05) is 26.2 Å². The molecule has 1 aromatic heterocycles. The minimum atomic E-state index is -0.398. The predicted octanol–water partition coefficient (Wildman–Crippen LogP) is 2.39. The van der Waals surface area contributed by atoms with Gasteiger partial charge in [0.25, 0.3) is 11.5 Å². The third-order valence-corrected chi connectivity index (χ3v) is 4.99. The third-order valence-electron chi connectivity index (χ3n) is 4.99. The number of hydrogen-bond donors (Lipinski definition) is 1. The van der Waals surface area contributed by atoms with Crippen molar-refractivity contribution in [1.29, 1.82) is 0 Å². The lowest BCUT2D eigenvalue weighted by atomic mass is 10.2. The van der Waals surface area contributed by atoms with Gasteiger partial charge in [-0.05, 0) is 5.56 Å². The third kappa shape index (κ3) is 4.02. The molecule has 2 aromatic carbocycles. The molecule has 2 heterocycles. The van der Waals surface area contributed by atoms with Crippen LogP contribution in [0.25, 0.3) is 11.4 Å². The van der Waals surface area contributed by atoms with Crippen LogP contribution in [0.3, 0.4) is 0 Å². The normalized spacial score (nSPS) is 14.8. The van der Waals surface area contributed by atoms with E-state index in [1.807, 2.05) is 48.5 Å². The van der Waals surface area contributed by atoms with Gasteiger partial charge in [0.05, 0.1) is 0 Å². The highest BCUT2D eigenvalue weighted by Gasteiger charge is 2.24. The number of aromatic nitrogens is 2. The van der Waals surface area contributed by atoms with Gasteiger partial charge in [0.1, 0.15) is 11.4 Å². The fraction of sp³-hybridized carbons (Fsp3) is 0.227. The van der Waals surface area contributed by atoms with Crippen molar-refractivity contribution >= 4 is 5.91 Å². The Hall–Kier alpha value is -3.25. The van der Waals surface area contributed by atoms with E-state index in [4.69, 9.17) is 0 Å². The van der Waals surface area contributed by atoms with E-state index >= 15 is 0 Å². The zero-order valence-electron chi connectivity index (χ0n) is 15.5. The van der Waals surface area contributed by atoms with Crippen molar-refractivity contribution in [3.05, 3.63) is 88.3 Å². The first-order chi connectivity index (χ1) is 13.7. The lowest BCUT2D eigenvalue weighted by Gasteiger charge is -2.34. The van der Waals surface area contributed by atoms with Crippen LogP contribution in [0.5, 0.6) is 0 Å². The summed E-state index contributed by atoms with van der Waals surface area (Å²) < 4.78 is 0. The van der Waals surface area contributed by atoms with Crippen LogP contribution in [0.2, 0.25) is 0 Å². The maximum Gasteiger partial charge on any atom is 0.264 e. The highest BCUT2D eigenvalue weighted by atomic mass is 16.2. The molecule has 1 saturated heterocycles. The number of aromatic amines is 1. The molecular weight excluding hydrogens is 352 g/mol. The van der Waals surface area contributed by atoms with Gasteiger partial charge in [-0.15, -0.1) is 0 Å². The van der Waals surface area contributed by atoms with Crippen molar-refractivity contribution in [3.8, 4) is 11.4 Å². The molecule has 1 aliphatic heterocycles. The maximum absolute atomic E-state index is 12.8. The van der Waals surface area contributed by atoms with E-state index in [1.165, 1.54) is 11.8 Å². The van der Waals surface area contributed by atoms with Crippen LogP contribution in [0.4, 0.5) is 0 Å². The van der Waals surface area contributed by atoms with Crippen molar-refractivity contribution in [2.45, 2.75) is 6.54 Å². The van der Waals surface area contributed by atoms with Crippen molar-refractivity contribution < 1.29 is 4.79 Å². The van der Waals surface area contributed by atoms with Crippen LogP contribution in [0.1, 0.15) is 15.9 Å². The van der Waals surface area contributed by atoms with E-state index in [9.17, 15) is 9.59 Å². The number of carbonyl (C=O) groups is 1. The summed E-state index contributed by atoms with van der Waals surface area (Å²) in [6.07, 6.45) is 1.39. The molecule has 1 aliphatic rings. The van der Waals surface area contributed by atoms with Crippen LogP contribution >= 0.6 is 0 Å². The van der Waals surface area contributed by atoms with Crippen molar-refractivity contribution in [3.63, 3.8) is 0 Å². The predicted molar refractivity (Wildman–Crippen MR) is 108 cm³/mol.